The molecule has 0 bridgehead atoms. The van der Waals surface area contributed by atoms with Gasteiger partial charge in [0.05, 0.1) is 11.7 Å². The van der Waals surface area contributed by atoms with E-state index in [9.17, 15) is 4.79 Å². The summed E-state index contributed by atoms with van der Waals surface area (Å²) in [6.45, 7) is 3.67. The van der Waals surface area contributed by atoms with Crippen LogP contribution in [-0.2, 0) is 18.3 Å². The maximum absolute atomic E-state index is 12.5. The van der Waals surface area contributed by atoms with E-state index >= 15 is 0 Å². The molecule has 5 nitrogen and oxygen atoms in total. The standard InChI is InChI=1S/C18H22ClN3O2/c1-11-9-13(19)7-8-17(11)24-12(2)18(23)20-15-5-4-6-16-14(15)10-22(3)21-16/h7-10,12,15H,4-6H2,1-3H3,(H,20,23)/t12-,15-/m0/s1. The fourth-order valence-electron chi connectivity index (χ4n) is 3.10. The van der Waals surface area contributed by atoms with Gasteiger partial charge in [-0.1, -0.05) is 11.6 Å². The van der Waals surface area contributed by atoms with Gasteiger partial charge in [0.2, 0.25) is 0 Å². The SMILES string of the molecule is Cc1cc(Cl)ccc1O[C@@H](C)C(=O)N[C@H]1CCCc2nn(C)cc21. The van der Waals surface area contributed by atoms with Crippen LogP contribution in [0.15, 0.2) is 24.4 Å². The predicted molar refractivity (Wildman–Crippen MR) is 93.3 cm³/mol. The Balaban J connectivity index is 1.66. The summed E-state index contributed by atoms with van der Waals surface area (Å²) in [5.74, 6) is 0.554. The van der Waals surface area contributed by atoms with E-state index in [2.05, 4.69) is 10.4 Å². The van der Waals surface area contributed by atoms with Crippen LogP contribution in [0.25, 0.3) is 0 Å². The molecule has 0 saturated carbocycles. The number of rotatable bonds is 4. The van der Waals surface area contributed by atoms with Crippen LogP contribution < -0.4 is 10.1 Å². The summed E-state index contributed by atoms with van der Waals surface area (Å²) in [7, 11) is 1.91. The molecule has 0 aliphatic heterocycles. The molecule has 6 heteroatoms. The lowest BCUT2D eigenvalue weighted by Gasteiger charge is -2.24. The first-order chi connectivity index (χ1) is 11.4. The van der Waals surface area contributed by atoms with Crippen LogP contribution in [0.2, 0.25) is 5.02 Å². The second kappa shape index (κ2) is 6.85. The van der Waals surface area contributed by atoms with Crippen LogP contribution in [0, 0.1) is 6.92 Å². The Morgan fingerprint density at radius 1 is 1.50 bits per heavy atom. The third-order valence-electron chi connectivity index (χ3n) is 4.35. The van der Waals surface area contributed by atoms with Crippen molar-refractivity contribution in [2.24, 2.45) is 7.05 Å². The van der Waals surface area contributed by atoms with Gasteiger partial charge in [0.15, 0.2) is 6.10 Å². The highest BCUT2D eigenvalue weighted by molar-refractivity contribution is 6.30. The molecule has 1 amide bonds. The molecule has 1 aromatic carbocycles. The number of benzene rings is 1. The van der Waals surface area contributed by atoms with Gasteiger partial charge < -0.3 is 10.1 Å². The topological polar surface area (TPSA) is 56.1 Å². The number of hydrogen-bond acceptors (Lipinski definition) is 3. The number of halogens is 1. The number of aryl methyl sites for hydroxylation is 3. The van der Waals surface area contributed by atoms with Crippen molar-refractivity contribution in [3.63, 3.8) is 0 Å². The Morgan fingerprint density at radius 3 is 3.04 bits per heavy atom. The largest absolute Gasteiger partial charge is 0.481 e. The Kier molecular flexibility index (Phi) is 4.81. The number of carbonyl (C=O) groups excluding carboxylic acids is 1. The average Bonchev–Trinajstić information content (AvgIpc) is 2.91. The first-order valence-corrected chi connectivity index (χ1v) is 8.57. The van der Waals surface area contributed by atoms with E-state index in [4.69, 9.17) is 16.3 Å². The van der Waals surface area contributed by atoms with E-state index in [1.807, 2.05) is 30.9 Å². The highest BCUT2D eigenvalue weighted by atomic mass is 35.5. The highest BCUT2D eigenvalue weighted by Crippen LogP contribution is 2.29. The second-order valence-electron chi connectivity index (χ2n) is 6.33. The minimum Gasteiger partial charge on any atom is -0.481 e. The summed E-state index contributed by atoms with van der Waals surface area (Å²) < 4.78 is 7.62. The van der Waals surface area contributed by atoms with E-state index in [-0.39, 0.29) is 11.9 Å². The lowest BCUT2D eigenvalue weighted by molar-refractivity contribution is -0.128. The van der Waals surface area contributed by atoms with Crippen LogP contribution in [0.3, 0.4) is 0 Å². The van der Waals surface area contributed by atoms with Gasteiger partial charge >= 0.3 is 0 Å². The van der Waals surface area contributed by atoms with Crippen LogP contribution in [-0.4, -0.2) is 21.8 Å². The summed E-state index contributed by atoms with van der Waals surface area (Å²) in [6.07, 6.45) is 4.34. The number of aromatic nitrogens is 2. The quantitative estimate of drug-likeness (QED) is 0.922. The van der Waals surface area contributed by atoms with Crippen molar-refractivity contribution in [3.8, 4) is 5.75 Å². The molecule has 0 unspecified atom stereocenters. The minimum absolute atomic E-state index is 0.00677. The van der Waals surface area contributed by atoms with Gasteiger partial charge in [-0.3, -0.25) is 9.48 Å². The van der Waals surface area contributed by atoms with Gasteiger partial charge in [-0.2, -0.15) is 5.10 Å². The summed E-state index contributed by atoms with van der Waals surface area (Å²) >= 11 is 5.95. The molecule has 3 rings (SSSR count). The van der Waals surface area contributed by atoms with Crippen molar-refractivity contribution in [3.05, 3.63) is 46.2 Å². The number of amides is 1. The smallest absolute Gasteiger partial charge is 0.261 e. The molecule has 2 atom stereocenters. The summed E-state index contributed by atoms with van der Waals surface area (Å²) in [4.78, 5) is 12.5. The van der Waals surface area contributed by atoms with E-state index in [1.54, 1.807) is 19.1 Å². The van der Waals surface area contributed by atoms with Crippen molar-refractivity contribution >= 4 is 17.5 Å². The molecule has 2 aromatic rings. The zero-order chi connectivity index (χ0) is 17.3. The normalized spacial score (nSPS) is 17.9. The van der Waals surface area contributed by atoms with Crippen molar-refractivity contribution in [1.82, 2.24) is 15.1 Å². The van der Waals surface area contributed by atoms with E-state index < -0.39 is 6.10 Å². The average molecular weight is 348 g/mol. The monoisotopic (exact) mass is 347 g/mol. The Morgan fingerprint density at radius 2 is 2.29 bits per heavy atom. The van der Waals surface area contributed by atoms with E-state index in [0.29, 0.717) is 10.8 Å². The molecule has 0 spiro atoms. The summed E-state index contributed by atoms with van der Waals surface area (Å²) in [5.41, 5.74) is 3.11. The lowest BCUT2D eigenvalue weighted by Crippen LogP contribution is -2.39. The lowest BCUT2D eigenvalue weighted by atomic mass is 9.93. The maximum atomic E-state index is 12.5. The Labute approximate surface area is 147 Å². The number of nitrogens with one attached hydrogen (secondary N) is 1. The molecule has 1 aliphatic carbocycles. The number of ether oxygens (including phenoxy) is 1. The highest BCUT2D eigenvalue weighted by Gasteiger charge is 2.26. The molecule has 0 radical (unpaired) electrons. The molecule has 0 saturated heterocycles. The first-order valence-electron chi connectivity index (χ1n) is 8.19. The molecule has 1 heterocycles. The second-order valence-corrected chi connectivity index (χ2v) is 6.76. The molecule has 128 valence electrons. The van der Waals surface area contributed by atoms with Gasteiger partial charge in [0.1, 0.15) is 5.75 Å². The molecule has 0 fully saturated rings. The Hall–Kier alpha value is -2.01. The summed E-state index contributed by atoms with van der Waals surface area (Å²) in [5, 5.41) is 8.21. The van der Waals surface area contributed by atoms with Crippen LogP contribution >= 0.6 is 11.6 Å². The first kappa shape index (κ1) is 16.8. The number of carbonyl (C=O) groups is 1. The van der Waals surface area contributed by atoms with Crippen molar-refractivity contribution < 1.29 is 9.53 Å². The fourth-order valence-corrected chi connectivity index (χ4v) is 3.32. The molecule has 1 aliphatic rings. The van der Waals surface area contributed by atoms with Crippen LogP contribution in [0.5, 0.6) is 5.75 Å². The maximum Gasteiger partial charge on any atom is 0.261 e. The van der Waals surface area contributed by atoms with Gasteiger partial charge in [0.25, 0.3) is 5.91 Å². The molecule has 1 N–H and O–H groups in total. The number of hydrogen-bond donors (Lipinski definition) is 1. The molecular formula is C18H22ClN3O2. The Bertz CT molecular complexity index is 757. The van der Waals surface area contributed by atoms with Crippen molar-refractivity contribution in [2.45, 2.75) is 45.3 Å². The summed E-state index contributed by atoms with van der Waals surface area (Å²) in [6, 6.07) is 5.39. The fraction of sp³-hybridized carbons (Fsp3) is 0.444. The van der Waals surface area contributed by atoms with Crippen LogP contribution in [0.1, 0.15) is 42.6 Å². The van der Waals surface area contributed by atoms with E-state index in [1.165, 1.54) is 0 Å². The van der Waals surface area contributed by atoms with Crippen LogP contribution in [0.4, 0.5) is 0 Å². The predicted octanol–water partition coefficient (Wildman–Crippen LogP) is 3.34. The van der Waals surface area contributed by atoms with E-state index in [0.717, 1.165) is 36.1 Å². The third-order valence-corrected chi connectivity index (χ3v) is 4.58. The number of nitrogens with zero attached hydrogens (tertiary/aromatic N) is 2. The van der Waals surface area contributed by atoms with Gasteiger partial charge in [0, 0.05) is 23.8 Å². The zero-order valence-corrected chi connectivity index (χ0v) is 14.9. The van der Waals surface area contributed by atoms with Crippen molar-refractivity contribution in [1.29, 1.82) is 0 Å². The zero-order valence-electron chi connectivity index (χ0n) is 14.2. The van der Waals surface area contributed by atoms with Gasteiger partial charge in [-0.05, 0) is 56.9 Å². The van der Waals surface area contributed by atoms with Crippen molar-refractivity contribution in [2.75, 3.05) is 0 Å². The molecule has 24 heavy (non-hydrogen) atoms. The third kappa shape index (κ3) is 3.56. The van der Waals surface area contributed by atoms with Gasteiger partial charge in [-0.25, -0.2) is 0 Å². The molecule has 1 aromatic heterocycles. The van der Waals surface area contributed by atoms with Gasteiger partial charge in [-0.15, -0.1) is 0 Å². The number of fused-ring (bicyclic) bond motifs is 1. The minimum atomic E-state index is -0.577. The molecular weight excluding hydrogens is 326 g/mol.